The second-order valence-electron chi connectivity index (χ2n) is 9.39. The molecule has 0 aromatic heterocycles. The molecule has 1 fully saturated rings. The van der Waals surface area contributed by atoms with Gasteiger partial charge in [-0.2, -0.15) is 4.39 Å². The van der Waals surface area contributed by atoms with E-state index in [0.717, 1.165) is 24.3 Å². The highest BCUT2D eigenvalue weighted by atomic mass is 19.1. The number of carboxylic acids is 1. The highest BCUT2D eigenvalue weighted by Crippen LogP contribution is 2.44. The van der Waals surface area contributed by atoms with Gasteiger partial charge in [0.05, 0.1) is 5.57 Å². The highest BCUT2D eigenvalue weighted by molar-refractivity contribution is 6.10. The topological polar surface area (TPSA) is 161 Å². The molecule has 214 valence electrons. The number of benzene rings is 2. The molecule has 1 saturated heterocycles. The van der Waals surface area contributed by atoms with Gasteiger partial charge in [-0.3, -0.25) is 14.4 Å². The Morgan fingerprint density at radius 3 is 2.26 bits per heavy atom. The molecule has 4 aliphatic rings. The summed E-state index contributed by atoms with van der Waals surface area (Å²) in [5.74, 6) is -12.3. The van der Waals surface area contributed by atoms with Gasteiger partial charge >= 0.3 is 11.9 Å². The van der Waals surface area contributed by atoms with Crippen molar-refractivity contribution in [3.8, 4) is 11.3 Å². The van der Waals surface area contributed by atoms with Crippen LogP contribution >= 0.6 is 0 Å². The summed E-state index contributed by atoms with van der Waals surface area (Å²) in [6.07, 6.45) is 3.53. The Morgan fingerprint density at radius 2 is 1.64 bits per heavy atom. The van der Waals surface area contributed by atoms with Gasteiger partial charge < -0.3 is 14.4 Å². The molecule has 0 radical (unpaired) electrons. The van der Waals surface area contributed by atoms with Crippen LogP contribution in [0, 0.1) is 33.6 Å². The van der Waals surface area contributed by atoms with E-state index in [0.29, 0.717) is 12.1 Å². The van der Waals surface area contributed by atoms with Crippen LogP contribution in [0.25, 0.3) is 27.9 Å². The number of imide groups is 1. The van der Waals surface area contributed by atoms with Crippen molar-refractivity contribution >= 4 is 46.0 Å². The summed E-state index contributed by atoms with van der Waals surface area (Å²) in [6.45, 7) is 1.22. The molecule has 11 nitrogen and oxygen atoms in total. The average molecular weight is 586 g/mol. The first-order chi connectivity index (χ1) is 19.8. The summed E-state index contributed by atoms with van der Waals surface area (Å²) in [5, 5.41) is 11.9. The maximum absolute atomic E-state index is 15.2. The molecule has 0 saturated carbocycles. The predicted molar refractivity (Wildman–Crippen MR) is 133 cm³/mol. The third-order valence-corrected chi connectivity index (χ3v) is 6.72. The molecule has 0 spiro atoms. The van der Waals surface area contributed by atoms with Crippen LogP contribution in [-0.2, 0) is 24.0 Å². The number of amides is 2. The lowest BCUT2D eigenvalue weighted by molar-refractivity contribution is -0.201. The maximum atomic E-state index is 15.2. The SMILES string of the molecule is CC1(C(=O)ON2C(=O)CCC2=O)C=CC(C(=O)O)=C(c2c3cc(F)c(=O)c(F)c-3oc3c(F)c(N=O)c(F)cc23)C=C1. The van der Waals surface area contributed by atoms with Gasteiger partial charge in [0.25, 0.3) is 17.2 Å². The number of fused-ring (bicyclic) bond motifs is 2. The van der Waals surface area contributed by atoms with Crippen molar-refractivity contribution in [2.45, 2.75) is 19.8 Å². The monoisotopic (exact) mass is 586 g/mol. The number of aliphatic carboxylic acids is 1. The number of hydrogen-bond acceptors (Lipinski definition) is 9. The molecule has 1 aromatic carbocycles. The standard InChI is InChI=1S/C27H14F4N2O9/c1-27(26(39)42-33-16(34)2-3-17(33)35)6-4-10(11(5-7-27)25(37)38)18-12-8-14(28)21(32-40)19(30)23(12)41-24-13(18)9-15(29)22(36)20(24)31/h4-9H,2-3H2,1H3,(H,37,38). The van der Waals surface area contributed by atoms with Gasteiger partial charge in [0, 0.05) is 29.4 Å². The minimum absolute atomic E-state index is 0.199. The van der Waals surface area contributed by atoms with Crippen molar-refractivity contribution in [2.75, 3.05) is 0 Å². The van der Waals surface area contributed by atoms with Crippen LogP contribution in [0.2, 0.25) is 0 Å². The molecule has 5 rings (SSSR count). The molecule has 1 aromatic rings. The smallest absolute Gasteiger partial charge is 0.346 e. The van der Waals surface area contributed by atoms with Gasteiger partial charge in [0.1, 0.15) is 5.41 Å². The molecule has 1 N–H and O–H groups in total. The molecule has 2 amide bonds. The second kappa shape index (κ2) is 9.87. The predicted octanol–water partition coefficient (Wildman–Crippen LogP) is 4.43. The van der Waals surface area contributed by atoms with Crippen molar-refractivity contribution in [1.82, 2.24) is 5.06 Å². The molecule has 1 atom stereocenters. The quantitative estimate of drug-likeness (QED) is 0.197. The molecule has 42 heavy (non-hydrogen) atoms. The molecule has 0 bridgehead atoms. The van der Waals surface area contributed by atoms with Gasteiger partial charge in [-0.25, -0.2) is 22.8 Å². The van der Waals surface area contributed by atoms with E-state index < -0.39 is 103 Å². The average Bonchev–Trinajstić information content (AvgIpc) is 3.13. The zero-order valence-electron chi connectivity index (χ0n) is 21.0. The van der Waals surface area contributed by atoms with E-state index in [1.54, 1.807) is 0 Å². The van der Waals surface area contributed by atoms with Crippen LogP contribution in [0.15, 0.2) is 56.4 Å². The number of nitroso groups, excluding NO2 is 1. The minimum atomic E-state index is -1.86. The van der Waals surface area contributed by atoms with Crippen molar-refractivity contribution < 1.29 is 51.1 Å². The number of carbonyl (C=O) groups excluding carboxylic acids is 3. The van der Waals surface area contributed by atoms with Crippen LogP contribution in [0.5, 0.6) is 0 Å². The first-order valence-electron chi connectivity index (χ1n) is 11.8. The number of carboxylic acid groups (broad SMARTS) is 1. The Kier molecular flexibility index (Phi) is 6.59. The van der Waals surface area contributed by atoms with Gasteiger partial charge in [-0.15, -0.1) is 9.97 Å². The van der Waals surface area contributed by atoms with Crippen LogP contribution in [-0.4, -0.2) is 33.9 Å². The molecule has 2 aliphatic carbocycles. The lowest BCUT2D eigenvalue weighted by Crippen LogP contribution is -2.37. The summed E-state index contributed by atoms with van der Waals surface area (Å²) in [4.78, 5) is 77.2. The molecule has 15 heteroatoms. The Bertz CT molecular complexity index is 1890. The fourth-order valence-electron chi connectivity index (χ4n) is 4.49. The molecular weight excluding hydrogens is 572 g/mol. The lowest BCUT2D eigenvalue weighted by Gasteiger charge is -2.22. The molecule has 1 unspecified atom stereocenters. The number of hydroxylamine groups is 2. The van der Waals surface area contributed by atoms with E-state index in [-0.39, 0.29) is 17.9 Å². The summed E-state index contributed by atoms with van der Waals surface area (Å²) >= 11 is 0. The lowest BCUT2D eigenvalue weighted by atomic mass is 9.88. The van der Waals surface area contributed by atoms with Crippen LogP contribution < -0.4 is 5.43 Å². The Hall–Kier alpha value is -5.47. The Balaban J connectivity index is 1.80. The zero-order chi connectivity index (χ0) is 30.7. The summed E-state index contributed by atoms with van der Waals surface area (Å²) in [5.41, 5.74) is -8.36. The Morgan fingerprint density at radius 1 is 1.00 bits per heavy atom. The largest absolute Gasteiger partial charge is 0.478 e. The number of hydrogen-bond donors (Lipinski definition) is 1. The van der Waals surface area contributed by atoms with Crippen molar-refractivity contribution in [3.63, 3.8) is 0 Å². The van der Waals surface area contributed by atoms with Crippen molar-refractivity contribution in [1.29, 1.82) is 0 Å². The van der Waals surface area contributed by atoms with E-state index in [1.165, 1.54) is 6.92 Å². The molecule has 2 heterocycles. The summed E-state index contributed by atoms with van der Waals surface area (Å²) in [7, 11) is 0. The van der Waals surface area contributed by atoms with Gasteiger partial charge in [0.15, 0.2) is 34.5 Å². The van der Waals surface area contributed by atoms with Gasteiger partial charge in [-0.05, 0) is 35.9 Å². The maximum Gasteiger partial charge on any atom is 0.346 e. The zero-order valence-corrected chi connectivity index (χ0v) is 21.0. The van der Waals surface area contributed by atoms with E-state index in [4.69, 9.17) is 9.25 Å². The third kappa shape index (κ3) is 4.25. The molecule has 2 aliphatic heterocycles. The number of rotatable bonds is 5. The van der Waals surface area contributed by atoms with E-state index >= 15 is 4.39 Å². The van der Waals surface area contributed by atoms with Gasteiger partial charge in [0.2, 0.25) is 5.82 Å². The number of halogens is 4. The van der Waals surface area contributed by atoms with E-state index in [1.807, 2.05) is 0 Å². The van der Waals surface area contributed by atoms with Crippen LogP contribution in [0.4, 0.5) is 23.2 Å². The fraction of sp³-hybridized carbons (Fsp3) is 0.148. The van der Waals surface area contributed by atoms with Gasteiger partial charge in [-0.1, -0.05) is 18.2 Å². The van der Waals surface area contributed by atoms with E-state index in [2.05, 4.69) is 5.18 Å². The first kappa shape index (κ1) is 28.1. The first-order valence-corrected chi connectivity index (χ1v) is 11.8. The number of nitrogens with zero attached hydrogens (tertiary/aromatic N) is 2. The summed E-state index contributed by atoms with van der Waals surface area (Å²) in [6, 6.07) is 0.981. The summed E-state index contributed by atoms with van der Waals surface area (Å²) < 4.78 is 64.4. The third-order valence-electron chi connectivity index (χ3n) is 6.72. The van der Waals surface area contributed by atoms with Crippen LogP contribution in [0.1, 0.15) is 25.3 Å². The normalized spacial score (nSPS) is 18.7. The number of carbonyl (C=O) groups is 4. The number of allylic oxidation sites excluding steroid dienone is 2. The minimum Gasteiger partial charge on any atom is -0.478 e. The molecular formula is C27H14F4N2O9. The van der Waals surface area contributed by atoms with Crippen molar-refractivity contribution in [3.05, 3.63) is 86.0 Å². The Labute approximate surface area is 230 Å². The second-order valence-corrected chi connectivity index (χ2v) is 9.39. The fourth-order valence-corrected chi connectivity index (χ4v) is 4.49. The van der Waals surface area contributed by atoms with E-state index in [9.17, 15) is 47.2 Å². The van der Waals surface area contributed by atoms with Crippen LogP contribution in [0.3, 0.4) is 0 Å². The highest BCUT2D eigenvalue weighted by Gasteiger charge is 2.39. The van der Waals surface area contributed by atoms with Crippen molar-refractivity contribution in [2.24, 2.45) is 10.6 Å².